The molecule has 0 aliphatic carbocycles. The van der Waals surface area contributed by atoms with E-state index in [0.717, 1.165) is 12.1 Å². The van der Waals surface area contributed by atoms with Crippen LogP contribution in [0.15, 0.2) is 42.5 Å². The first-order valence-corrected chi connectivity index (χ1v) is 7.34. The van der Waals surface area contributed by atoms with Crippen molar-refractivity contribution in [2.24, 2.45) is 0 Å². The molecule has 0 saturated carbocycles. The molecule has 2 rings (SSSR count). The molecule has 21 heavy (non-hydrogen) atoms. The fraction of sp³-hybridized carbons (Fsp3) is 0.294. The first kappa shape index (κ1) is 15.8. The van der Waals surface area contributed by atoms with Crippen LogP contribution in [0.25, 0.3) is 0 Å². The molecule has 0 aliphatic rings. The first-order valence-electron chi connectivity index (χ1n) is 6.96. The van der Waals surface area contributed by atoms with Gasteiger partial charge in [0.15, 0.2) is 11.6 Å². The van der Waals surface area contributed by atoms with E-state index in [2.05, 4.69) is 5.32 Å². The Morgan fingerprint density at radius 2 is 1.95 bits per heavy atom. The molecular weight excluding hydrogens is 289 g/mol. The normalized spacial score (nSPS) is 12.2. The quantitative estimate of drug-likeness (QED) is 0.855. The topological polar surface area (TPSA) is 21.3 Å². The summed E-state index contributed by atoms with van der Waals surface area (Å²) in [5, 5.41) is 4.05. The second-order valence-corrected chi connectivity index (χ2v) is 5.18. The molecule has 0 radical (unpaired) electrons. The molecule has 4 heteroatoms. The predicted molar refractivity (Wildman–Crippen MR) is 84.5 cm³/mol. The highest BCUT2D eigenvalue weighted by molar-refractivity contribution is 6.31. The molecule has 0 amide bonds. The smallest absolute Gasteiger partial charge is 0.168 e. The van der Waals surface area contributed by atoms with Gasteiger partial charge in [-0.15, -0.1) is 0 Å². The monoisotopic (exact) mass is 307 g/mol. The number of halogens is 2. The van der Waals surface area contributed by atoms with E-state index in [4.69, 9.17) is 16.3 Å². The predicted octanol–water partition coefficient (Wildman–Crippen LogP) is 4.38. The van der Waals surface area contributed by atoms with Crippen LogP contribution in [0.2, 0.25) is 5.02 Å². The Kier molecular flexibility index (Phi) is 5.59. The number of ether oxygens (including phenoxy) is 1. The van der Waals surface area contributed by atoms with Gasteiger partial charge in [0.05, 0.1) is 7.11 Å². The van der Waals surface area contributed by atoms with E-state index >= 15 is 0 Å². The average Bonchev–Trinajstić information content (AvgIpc) is 2.49. The van der Waals surface area contributed by atoms with Gasteiger partial charge in [0.2, 0.25) is 0 Å². The van der Waals surface area contributed by atoms with Crippen molar-refractivity contribution >= 4 is 11.6 Å². The van der Waals surface area contributed by atoms with Crippen molar-refractivity contribution < 1.29 is 9.13 Å². The number of hydrogen-bond acceptors (Lipinski definition) is 2. The van der Waals surface area contributed by atoms with Crippen molar-refractivity contribution in [1.82, 2.24) is 5.32 Å². The zero-order valence-electron chi connectivity index (χ0n) is 12.2. The molecule has 1 unspecified atom stereocenters. The van der Waals surface area contributed by atoms with Gasteiger partial charge in [-0.1, -0.05) is 48.9 Å². The highest BCUT2D eigenvalue weighted by atomic mass is 35.5. The van der Waals surface area contributed by atoms with E-state index in [-0.39, 0.29) is 17.6 Å². The van der Waals surface area contributed by atoms with Gasteiger partial charge in [-0.2, -0.15) is 0 Å². The minimum absolute atomic E-state index is 0.0368. The molecule has 2 nitrogen and oxygen atoms in total. The fourth-order valence-electron chi connectivity index (χ4n) is 2.39. The number of likely N-dealkylation sites (N-methyl/N-ethyl adjacent to an activating group) is 1. The van der Waals surface area contributed by atoms with E-state index in [1.54, 1.807) is 18.2 Å². The van der Waals surface area contributed by atoms with Crippen LogP contribution in [0.3, 0.4) is 0 Å². The van der Waals surface area contributed by atoms with Crippen molar-refractivity contribution in [2.45, 2.75) is 19.4 Å². The summed E-state index contributed by atoms with van der Waals surface area (Å²) in [5.41, 5.74) is 1.59. The lowest BCUT2D eigenvalue weighted by atomic mass is 9.98. The summed E-state index contributed by atoms with van der Waals surface area (Å²) in [6, 6.07) is 12.8. The van der Waals surface area contributed by atoms with E-state index in [1.807, 2.05) is 31.2 Å². The highest BCUT2D eigenvalue weighted by Gasteiger charge is 2.17. The maximum Gasteiger partial charge on any atom is 0.168 e. The van der Waals surface area contributed by atoms with Gasteiger partial charge in [0, 0.05) is 11.1 Å². The maximum atomic E-state index is 14.3. The summed E-state index contributed by atoms with van der Waals surface area (Å²) in [6.07, 6.45) is 0.514. The second kappa shape index (κ2) is 7.43. The fourth-order valence-corrected chi connectivity index (χ4v) is 2.66. The third kappa shape index (κ3) is 3.74. The van der Waals surface area contributed by atoms with Gasteiger partial charge in [0.1, 0.15) is 0 Å². The van der Waals surface area contributed by atoms with Crippen LogP contribution in [-0.4, -0.2) is 13.7 Å². The maximum absolute atomic E-state index is 14.3. The van der Waals surface area contributed by atoms with Crippen LogP contribution < -0.4 is 10.1 Å². The summed E-state index contributed by atoms with van der Waals surface area (Å²) in [5.74, 6) is -0.0446. The van der Waals surface area contributed by atoms with Crippen molar-refractivity contribution in [1.29, 1.82) is 0 Å². The lowest BCUT2D eigenvalue weighted by molar-refractivity contribution is 0.382. The average molecular weight is 308 g/mol. The summed E-state index contributed by atoms with van der Waals surface area (Å²) >= 11 is 6.26. The number of benzene rings is 2. The summed E-state index contributed by atoms with van der Waals surface area (Å²) in [6.45, 7) is 2.80. The molecule has 2 aromatic carbocycles. The molecule has 2 aromatic rings. The molecule has 0 bridgehead atoms. The molecule has 0 spiro atoms. The van der Waals surface area contributed by atoms with Crippen LogP contribution in [-0.2, 0) is 6.42 Å². The highest BCUT2D eigenvalue weighted by Crippen LogP contribution is 2.28. The Balaban J connectivity index is 2.31. The Morgan fingerprint density at radius 3 is 2.62 bits per heavy atom. The van der Waals surface area contributed by atoms with Crippen LogP contribution in [0.4, 0.5) is 4.39 Å². The van der Waals surface area contributed by atoms with Crippen LogP contribution in [0.5, 0.6) is 5.75 Å². The minimum atomic E-state index is -0.310. The van der Waals surface area contributed by atoms with Gasteiger partial charge in [-0.25, -0.2) is 4.39 Å². The minimum Gasteiger partial charge on any atom is -0.494 e. The Hall–Kier alpha value is -1.58. The van der Waals surface area contributed by atoms with Crippen molar-refractivity contribution in [3.8, 4) is 5.75 Å². The Labute approximate surface area is 129 Å². The number of methoxy groups -OCH3 is 1. The van der Waals surface area contributed by atoms with Gasteiger partial charge in [-0.3, -0.25) is 0 Å². The van der Waals surface area contributed by atoms with Crippen molar-refractivity contribution in [3.05, 3.63) is 64.4 Å². The third-order valence-corrected chi connectivity index (χ3v) is 3.76. The third-order valence-electron chi connectivity index (χ3n) is 3.42. The first-order chi connectivity index (χ1) is 10.2. The van der Waals surface area contributed by atoms with E-state index in [1.165, 1.54) is 7.11 Å². The van der Waals surface area contributed by atoms with Crippen LogP contribution >= 0.6 is 11.6 Å². The largest absolute Gasteiger partial charge is 0.494 e. The van der Waals surface area contributed by atoms with Crippen molar-refractivity contribution in [2.75, 3.05) is 13.7 Å². The van der Waals surface area contributed by atoms with Gasteiger partial charge in [0.25, 0.3) is 0 Å². The molecule has 1 N–H and O–H groups in total. The second-order valence-electron chi connectivity index (χ2n) is 4.77. The standard InChI is InChI=1S/C17H19ClFNO/c1-3-20-15(13-8-4-5-9-14(13)18)11-12-7-6-10-16(21-2)17(12)19/h4-10,15,20H,3,11H2,1-2H3. The molecule has 112 valence electrons. The molecule has 0 heterocycles. The zero-order chi connectivity index (χ0) is 15.2. The van der Waals surface area contributed by atoms with E-state index < -0.39 is 0 Å². The summed E-state index contributed by atoms with van der Waals surface area (Å²) < 4.78 is 19.3. The molecule has 1 atom stereocenters. The number of hydrogen-bond donors (Lipinski definition) is 1. The van der Waals surface area contributed by atoms with Gasteiger partial charge >= 0.3 is 0 Å². The van der Waals surface area contributed by atoms with Gasteiger partial charge in [-0.05, 0) is 36.2 Å². The lowest BCUT2D eigenvalue weighted by Gasteiger charge is -2.20. The van der Waals surface area contributed by atoms with E-state index in [9.17, 15) is 4.39 Å². The van der Waals surface area contributed by atoms with E-state index in [0.29, 0.717) is 17.0 Å². The number of nitrogens with one attached hydrogen (secondary N) is 1. The van der Waals surface area contributed by atoms with Crippen LogP contribution in [0, 0.1) is 5.82 Å². The van der Waals surface area contributed by atoms with Crippen LogP contribution in [0.1, 0.15) is 24.1 Å². The lowest BCUT2D eigenvalue weighted by Crippen LogP contribution is -2.23. The summed E-state index contributed by atoms with van der Waals surface area (Å²) in [7, 11) is 1.47. The zero-order valence-corrected chi connectivity index (χ0v) is 13.0. The molecule has 0 saturated heterocycles. The number of rotatable bonds is 6. The van der Waals surface area contributed by atoms with Gasteiger partial charge < -0.3 is 10.1 Å². The molecule has 0 fully saturated rings. The summed E-state index contributed by atoms with van der Waals surface area (Å²) in [4.78, 5) is 0. The molecule has 0 aromatic heterocycles. The SMILES string of the molecule is CCNC(Cc1cccc(OC)c1F)c1ccccc1Cl. The molecular formula is C17H19ClFNO. The molecule has 0 aliphatic heterocycles. The Morgan fingerprint density at radius 1 is 1.19 bits per heavy atom. The Bertz CT molecular complexity index is 603. The van der Waals surface area contributed by atoms with Crippen molar-refractivity contribution in [3.63, 3.8) is 0 Å².